The topological polar surface area (TPSA) is 66.5 Å². The zero-order valence-electron chi connectivity index (χ0n) is 19.0. The summed E-state index contributed by atoms with van der Waals surface area (Å²) >= 11 is 0. The first-order valence-electron chi connectivity index (χ1n) is 10.7. The number of halogens is 4. The second-order valence-corrected chi connectivity index (χ2v) is 10.0. The van der Waals surface area contributed by atoms with Gasteiger partial charge in [-0.25, -0.2) is 12.8 Å². The first-order valence-corrected chi connectivity index (χ1v) is 12.1. The number of nitrogens with zero attached hydrogens (tertiary/aromatic N) is 1. The molecule has 3 aromatic rings. The van der Waals surface area contributed by atoms with Crippen molar-refractivity contribution in [2.24, 2.45) is 0 Å². The molecular formula is C25H24F4N2O3S. The Balaban J connectivity index is 1.62. The molecule has 3 rings (SSSR count). The Morgan fingerprint density at radius 2 is 1.40 bits per heavy atom. The predicted molar refractivity (Wildman–Crippen MR) is 124 cm³/mol. The molecule has 0 unspecified atom stereocenters. The molecule has 0 saturated heterocycles. The Morgan fingerprint density at radius 3 is 1.89 bits per heavy atom. The van der Waals surface area contributed by atoms with E-state index in [0.717, 1.165) is 46.3 Å². The van der Waals surface area contributed by atoms with Gasteiger partial charge in [0.1, 0.15) is 5.82 Å². The lowest BCUT2D eigenvalue weighted by molar-refractivity contribution is -0.137. The van der Waals surface area contributed by atoms with Gasteiger partial charge in [-0.2, -0.15) is 17.5 Å². The molecule has 10 heteroatoms. The Hall–Kier alpha value is -3.24. The number of hydrogen-bond acceptors (Lipinski definition) is 3. The maximum absolute atomic E-state index is 13.2. The lowest BCUT2D eigenvalue weighted by Crippen LogP contribution is -2.44. The van der Waals surface area contributed by atoms with Crippen LogP contribution in [0.15, 0.2) is 77.7 Å². The van der Waals surface area contributed by atoms with E-state index in [1.165, 1.54) is 12.1 Å². The van der Waals surface area contributed by atoms with E-state index in [4.69, 9.17) is 0 Å². The van der Waals surface area contributed by atoms with Crippen molar-refractivity contribution in [3.63, 3.8) is 0 Å². The molecule has 0 aromatic heterocycles. The smallest absolute Gasteiger partial charge is 0.351 e. The molecule has 0 aliphatic carbocycles. The molecule has 186 valence electrons. The van der Waals surface area contributed by atoms with E-state index in [1.807, 2.05) is 0 Å². The van der Waals surface area contributed by atoms with Gasteiger partial charge < -0.3 is 5.32 Å². The van der Waals surface area contributed by atoms with Crippen molar-refractivity contribution in [2.45, 2.75) is 37.5 Å². The molecule has 0 heterocycles. The molecule has 0 aliphatic rings. The van der Waals surface area contributed by atoms with Gasteiger partial charge in [-0.3, -0.25) is 4.79 Å². The van der Waals surface area contributed by atoms with Gasteiger partial charge in [0.2, 0.25) is 15.9 Å². The molecule has 0 saturated carbocycles. The largest absolute Gasteiger partial charge is 0.416 e. The highest BCUT2D eigenvalue weighted by atomic mass is 32.2. The summed E-state index contributed by atoms with van der Waals surface area (Å²) in [7, 11) is -4.01. The van der Waals surface area contributed by atoms with Gasteiger partial charge in [-0.1, -0.05) is 36.4 Å². The fourth-order valence-electron chi connectivity index (χ4n) is 3.35. The number of rotatable bonds is 8. The third-order valence-corrected chi connectivity index (χ3v) is 7.32. The Kier molecular flexibility index (Phi) is 7.97. The average molecular weight is 509 g/mol. The number of sulfonamides is 1. The molecule has 0 bridgehead atoms. The second-order valence-electron chi connectivity index (χ2n) is 8.15. The molecule has 0 fully saturated rings. The zero-order valence-corrected chi connectivity index (χ0v) is 19.8. The molecule has 5 nitrogen and oxygen atoms in total. The first-order chi connectivity index (χ1) is 16.4. The number of carbonyl (C=O) groups is 1. The number of hydrogen-bond donors (Lipinski definition) is 1. The van der Waals surface area contributed by atoms with E-state index in [2.05, 4.69) is 5.32 Å². The van der Waals surface area contributed by atoms with Gasteiger partial charge in [-0.15, -0.1) is 0 Å². The van der Waals surface area contributed by atoms with Crippen molar-refractivity contribution in [2.75, 3.05) is 6.54 Å². The predicted octanol–water partition coefficient (Wildman–Crippen LogP) is 5.23. The van der Waals surface area contributed by atoms with Gasteiger partial charge in [-0.05, 0) is 66.9 Å². The van der Waals surface area contributed by atoms with Crippen LogP contribution >= 0.6 is 0 Å². The Morgan fingerprint density at radius 1 is 0.886 bits per heavy atom. The van der Waals surface area contributed by atoms with E-state index in [1.54, 1.807) is 38.1 Å². The fourth-order valence-corrected chi connectivity index (χ4v) is 4.94. The second kappa shape index (κ2) is 10.6. The van der Waals surface area contributed by atoms with E-state index in [9.17, 15) is 30.8 Å². The minimum Gasteiger partial charge on any atom is -0.351 e. The minimum atomic E-state index is -4.40. The van der Waals surface area contributed by atoms with Crippen molar-refractivity contribution < 1.29 is 30.8 Å². The summed E-state index contributed by atoms with van der Waals surface area (Å²) in [5.41, 5.74) is 1.33. The maximum atomic E-state index is 13.2. The molecule has 1 amide bonds. The van der Waals surface area contributed by atoms with Crippen molar-refractivity contribution in [1.29, 1.82) is 0 Å². The molecule has 3 aromatic carbocycles. The van der Waals surface area contributed by atoms with Gasteiger partial charge in [0.15, 0.2) is 0 Å². The first kappa shape index (κ1) is 26.4. The summed E-state index contributed by atoms with van der Waals surface area (Å²) in [5.74, 6) is -1.08. The molecule has 0 spiro atoms. The molecule has 0 atom stereocenters. The maximum Gasteiger partial charge on any atom is 0.416 e. The van der Waals surface area contributed by atoms with Gasteiger partial charge in [0.25, 0.3) is 0 Å². The van der Waals surface area contributed by atoms with Crippen LogP contribution in [0.4, 0.5) is 17.6 Å². The van der Waals surface area contributed by atoms with Crippen LogP contribution in [0.1, 0.15) is 25.0 Å². The lowest BCUT2D eigenvalue weighted by atomic mass is 10.0. The Labute approximate surface area is 201 Å². The summed E-state index contributed by atoms with van der Waals surface area (Å²) < 4.78 is 78.2. The number of amides is 1. The molecule has 0 radical (unpaired) electrons. The highest BCUT2D eigenvalue weighted by molar-refractivity contribution is 7.89. The zero-order chi connectivity index (χ0) is 25.8. The molecule has 0 aliphatic heterocycles. The molecule has 35 heavy (non-hydrogen) atoms. The quantitative estimate of drug-likeness (QED) is 0.424. The average Bonchev–Trinajstić information content (AvgIpc) is 2.81. The van der Waals surface area contributed by atoms with Crippen LogP contribution in [0.3, 0.4) is 0 Å². The van der Waals surface area contributed by atoms with Crippen LogP contribution in [0.25, 0.3) is 11.1 Å². The summed E-state index contributed by atoms with van der Waals surface area (Å²) in [6, 6.07) is 15.6. The monoisotopic (exact) mass is 508 g/mol. The summed E-state index contributed by atoms with van der Waals surface area (Å²) in [6.45, 7) is 2.98. The van der Waals surface area contributed by atoms with Crippen LogP contribution in [-0.4, -0.2) is 31.2 Å². The van der Waals surface area contributed by atoms with Crippen molar-refractivity contribution in [3.8, 4) is 11.1 Å². The van der Waals surface area contributed by atoms with Crippen molar-refractivity contribution >= 4 is 15.9 Å². The normalized spacial score (nSPS) is 12.2. The van der Waals surface area contributed by atoms with E-state index < -0.39 is 46.1 Å². The van der Waals surface area contributed by atoms with Gasteiger partial charge in [0, 0.05) is 12.6 Å². The van der Waals surface area contributed by atoms with Crippen molar-refractivity contribution in [3.05, 3.63) is 89.7 Å². The molecule has 1 N–H and O–H groups in total. The van der Waals surface area contributed by atoms with Gasteiger partial charge in [0.05, 0.1) is 17.0 Å². The minimum absolute atomic E-state index is 0.112. The lowest BCUT2D eigenvalue weighted by Gasteiger charge is -2.25. The highest BCUT2D eigenvalue weighted by Gasteiger charge is 2.30. The van der Waals surface area contributed by atoms with Crippen LogP contribution < -0.4 is 5.32 Å². The summed E-state index contributed by atoms with van der Waals surface area (Å²) in [5, 5.41) is 2.67. The standard InChI is InChI=1S/C25H24F4N2O3S/c1-17(2)31(35(33,34)23-13-11-22(26)12-14-23)16-24(32)30-15-18-3-5-19(6-4-18)20-7-9-21(10-8-20)25(27,28)29/h3-14,17H,15-16H2,1-2H3,(H,30,32). The third kappa shape index (κ3) is 6.67. The van der Waals surface area contributed by atoms with E-state index >= 15 is 0 Å². The number of nitrogens with one attached hydrogen (secondary N) is 1. The van der Waals surface area contributed by atoms with Crippen LogP contribution in [0.5, 0.6) is 0 Å². The third-order valence-electron chi connectivity index (χ3n) is 5.28. The number of benzene rings is 3. The SMILES string of the molecule is CC(C)N(CC(=O)NCc1ccc(-c2ccc(C(F)(F)F)cc2)cc1)S(=O)(=O)c1ccc(F)cc1. The van der Waals surface area contributed by atoms with Crippen LogP contribution in [-0.2, 0) is 27.5 Å². The van der Waals surface area contributed by atoms with Crippen molar-refractivity contribution in [1.82, 2.24) is 9.62 Å². The summed E-state index contributed by atoms with van der Waals surface area (Å²) in [6.07, 6.45) is -4.40. The number of alkyl halides is 3. The van der Waals surface area contributed by atoms with E-state index in [-0.39, 0.29) is 11.4 Å². The highest BCUT2D eigenvalue weighted by Crippen LogP contribution is 2.31. The van der Waals surface area contributed by atoms with Gasteiger partial charge >= 0.3 is 6.18 Å². The molecular weight excluding hydrogens is 484 g/mol. The Bertz CT molecular complexity index is 1260. The van der Waals surface area contributed by atoms with Crippen LogP contribution in [0.2, 0.25) is 0 Å². The fraction of sp³-hybridized carbons (Fsp3) is 0.240. The summed E-state index contributed by atoms with van der Waals surface area (Å²) in [4.78, 5) is 12.4. The van der Waals surface area contributed by atoms with E-state index in [0.29, 0.717) is 11.1 Å². The van der Waals surface area contributed by atoms with Crippen LogP contribution in [0, 0.1) is 5.82 Å². The number of carbonyl (C=O) groups excluding carboxylic acids is 1.